The summed E-state index contributed by atoms with van der Waals surface area (Å²) in [7, 11) is 0. The fraction of sp³-hybridized carbons (Fsp3) is 0.714. The highest BCUT2D eigenvalue weighted by Crippen LogP contribution is 2.26. The van der Waals surface area contributed by atoms with Crippen LogP contribution in [0.5, 0.6) is 0 Å². The molecule has 1 aliphatic carbocycles. The summed E-state index contributed by atoms with van der Waals surface area (Å²) >= 11 is 1.68. The molecule has 0 aromatic carbocycles. The lowest BCUT2D eigenvalue weighted by Gasteiger charge is -2.20. The maximum atomic E-state index is 11.9. The Morgan fingerprint density at radius 2 is 2.06 bits per heavy atom. The summed E-state index contributed by atoms with van der Waals surface area (Å²) in [5.41, 5.74) is 1.05. The molecule has 0 saturated heterocycles. The summed E-state index contributed by atoms with van der Waals surface area (Å²) in [6.07, 6.45) is 7.10. The number of amides is 1. The van der Waals surface area contributed by atoms with Crippen LogP contribution in [-0.4, -0.2) is 10.9 Å². The first-order chi connectivity index (χ1) is 8.65. The quantitative estimate of drug-likeness (QED) is 0.908. The molecule has 0 bridgehead atoms. The molecule has 1 saturated carbocycles. The van der Waals surface area contributed by atoms with Crippen molar-refractivity contribution in [3.63, 3.8) is 0 Å². The second kappa shape index (κ2) is 6.32. The van der Waals surface area contributed by atoms with Gasteiger partial charge in [-0.15, -0.1) is 11.3 Å². The van der Waals surface area contributed by atoms with Gasteiger partial charge in [-0.3, -0.25) is 4.79 Å². The van der Waals surface area contributed by atoms with Crippen LogP contribution in [0.2, 0.25) is 0 Å². The number of thiazole rings is 1. The van der Waals surface area contributed by atoms with Crippen molar-refractivity contribution < 1.29 is 4.79 Å². The molecule has 4 heteroatoms. The maximum Gasteiger partial charge on any atom is 0.220 e. The molecule has 1 aromatic heterocycles. The van der Waals surface area contributed by atoms with Crippen molar-refractivity contribution in [2.45, 2.75) is 58.9 Å². The molecule has 100 valence electrons. The number of nitrogens with one attached hydrogen (secondary N) is 1. The van der Waals surface area contributed by atoms with Crippen LogP contribution >= 0.6 is 11.3 Å². The summed E-state index contributed by atoms with van der Waals surface area (Å²) < 4.78 is 0. The number of aromatic nitrogens is 1. The highest BCUT2D eigenvalue weighted by molar-refractivity contribution is 7.11. The number of carbonyl (C=O) groups excluding carboxylic acids is 1. The van der Waals surface area contributed by atoms with Crippen molar-refractivity contribution in [3.8, 4) is 0 Å². The van der Waals surface area contributed by atoms with Crippen LogP contribution in [0.1, 0.15) is 54.1 Å². The van der Waals surface area contributed by atoms with Gasteiger partial charge >= 0.3 is 0 Å². The fourth-order valence-corrected chi connectivity index (χ4v) is 3.52. The van der Waals surface area contributed by atoms with Gasteiger partial charge in [0.15, 0.2) is 0 Å². The van der Waals surface area contributed by atoms with E-state index in [9.17, 15) is 4.79 Å². The Morgan fingerprint density at radius 1 is 1.33 bits per heavy atom. The van der Waals surface area contributed by atoms with Gasteiger partial charge in [0.2, 0.25) is 5.91 Å². The predicted octanol–water partition coefficient (Wildman–Crippen LogP) is 3.35. The van der Waals surface area contributed by atoms with Crippen LogP contribution in [0.3, 0.4) is 0 Å². The topological polar surface area (TPSA) is 42.0 Å². The van der Waals surface area contributed by atoms with Crippen molar-refractivity contribution in [1.82, 2.24) is 10.3 Å². The normalized spacial score (nSPS) is 16.8. The number of nitrogens with zero attached hydrogens (tertiary/aromatic N) is 1. The molecule has 0 spiro atoms. The molecule has 0 unspecified atom stereocenters. The lowest BCUT2D eigenvalue weighted by atomic mass is 9.87. The van der Waals surface area contributed by atoms with E-state index in [2.05, 4.69) is 10.3 Å². The lowest BCUT2D eigenvalue weighted by molar-refractivity contribution is -0.122. The van der Waals surface area contributed by atoms with E-state index in [0.717, 1.165) is 10.7 Å². The molecular formula is C14H22N2OS. The average molecular weight is 266 g/mol. The number of rotatable bonds is 4. The molecule has 1 aliphatic rings. The molecule has 1 N–H and O–H groups in total. The van der Waals surface area contributed by atoms with Gasteiger partial charge in [0.05, 0.1) is 17.2 Å². The Balaban J connectivity index is 1.75. The van der Waals surface area contributed by atoms with Crippen LogP contribution in [0.15, 0.2) is 0 Å². The SMILES string of the molecule is Cc1nc(C)c(CNC(=O)CC2CCCCC2)s1. The molecule has 0 atom stereocenters. The number of carbonyl (C=O) groups is 1. The molecule has 1 aromatic rings. The van der Waals surface area contributed by atoms with Crippen molar-refractivity contribution in [3.05, 3.63) is 15.6 Å². The zero-order valence-corrected chi connectivity index (χ0v) is 12.1. The van der Waals surface area contributed by atoms with E-state index in [1.165, 1.54) is 37.0 Å². The van der Waals surface area contributed by atoms with Crippen molar-refractivity contribution in [2.24, 2.45) is 5.92 Å². The van der Waals surface area contributed by atoms with Crippen LogP contribution in [0.25, 0.3) is 0 Å². The lowest BCUT2D eigenvalue weighted by Crippen LogP contribution is -2.25. The Bertz CT molecular complexity index is 408. The van der Waals surface area contributed by atoms with E-state index < -0.39 is 0 Å². The molecule has 1 fully saturated rings. The highest BCUT2D eigenvalue weighted by atomic mass is 32.1. The largest absolute Gasteiger partial charge is 0.351 e. The van der Waals surface area contributed by atoms with Gasteiger partial charge in [0, 0.05) is 11.3 Å². The van der Waals surface area contributed by atoms with Gasteiger partial charge in [-0.1, -0.05) is 19.3 Å². The highest BCUT2D eigenvalue weighted by Gasteiger charge is 2.17. The molecule has 3 nitrogen and oxygen atoms in total. The summed E-state index contributed by atoms with van der Waals surface area (Å²) in [6, 6.07) is 0. The van der Waals surface area contributed by atoms with Crippen molar-refractivity contribution in [2.75, 3.05) is 0 Å². The molecule has 18 heavy (non-hydrogen) atoms. The Kier molecular flexibility index (Phi) is 4.75. The molecule has 0 aliphatic heterocycles. The molecular weight excluding hydrogens is 244 g/mol. The minimum atomic E-state index is 0.201. The van der Waals surface area contributed by atoms with Gasteiger partial charge in [-0.2, -0.15) is 0 Å². The van der Waals surface area contributed by atoms with Crippen molar-refractivity contribution in [1.29, 1.82) is 0 Å². The first-order valence-electron chi connectivity index (χ1n) is 6.84. The second-order valence-corrected chi connectivity index (χ2v) is 6.51. The van der Waals surface area contributed by atoms with Crippen LogP contribution in [0, 0.1) is 19.8 Å². The first kappa shape index (κ1) is 13.5. The maximum absolute atomic E-state index is 11.9. The summed E-state index contributed by atoms with van der Waals surface area (Å²) in [5.74, 6) is 0.815. The third kappa shape index (κ3) is 3.80. The first-order valence-corrected chi connectivity index (χ1v) is 7.66. The van der Waals surface area contributed by atoms with Gasteiger partial charge < -0.3 is 5.32 Å². The van der Waals surface area contributed by atoms with E-state index in [-0.39, 0.29) is 5.91 Å². The summed E-state index contributed by atoms with van der Waals surface area (Å²) in [5, 5.41) is 4.11. The Hall–Kier alpha value is -0.900. The van der Waals surface area contributed by atoms with E-state index in [4.69, 9.17) is 0 Å². The zero-order chi connectivity index (χ0) is 13.0. The number of hydrogen-bond donors (Lipinski definition) is 1. The van der Waals surface area contributed by atoms with Gasteiger partial charge in [-0.25, -0.2) is 4.98 Å². The standard InChI is InChI=1S/C14H22N2OS/c1-10-13(18-11(2)16-10)9-15-14(17)8-12-6-4-3-5-7-12/h12H,3-9H2,1-2H3,(H,15,17). The molecule has 1 heterocycles. The smallest absolute Gasteiger partial charge is 0.220 e. The van der Waals surface area contributed by atoms with Crippen molar-refractivity contribution >= 4 is 17.2 Å². The van der Waals surface area contributed by atoms with Gasteiger partial charge in [0.1, 0.15) is 0 Å². The zero-order valence-electron chi connectivity index (χ0n) is 11.3. The minimum absolute atomic E-state index is 0.201. The van der Waals surface area contributed by atoms with Crippen LogP contribution in [-0.2, 0) is 11.3 Å². The predicted molar refractivity (Wildman–Crippen MR) is 74.6 cm³/mol. The fourth-order valence-electron chi connectivity index (χ4n) is 2.64. The van der Waals surface area contributed by atoms with E-state index in [0.29, 0.717) is 18.9 Å². The summed E-state index contributed by atoms with van der Waals surface area (Å²) in [4.78, 5) is 17.4. The molecule has 0 radical (unpaired) electrons. The van der Waals surface area contributed by atoms with E-state index in [1.54, 1.807) is 11.3 Å². The van der Waals surface area contributed by atoms with Crippen LogP contribution in [0.4, 0.5) is 0 Å². The average Bonchev–Trinajstić information content (AvgIpc) is 2.66. The third-order valence-corrected chi connectivity index (χ3v) is 4.72. The summed E-state index contributed by atoms with van der Waals surface area (Å²) in [6.45, 7) is 4.65. The van der Waals surface area contributed by atoms with E-state index in [1.807, 2.05) is 13.8 Å². The number of hydrogen-bond acceptors (Lipinski definition) is 3. The third-order valence-electron chi connectivity index (χ3n) is 3.64. The van der Waals surface area contributed by atoms with Gasteiger partial charge in [0.25, 0.3) is 0 Å². The van der Waals surface area contributed by atoms with Gasteiger partial charge in [-0.05, 0) is 32.6 Å². The molecule has 2 rings (SSSR count). The number of aryl methyl sites for hydroxylation is 2. The minimum Gasteiger partial charge on any atom is -0.351 e. The monoisotopic (exact) mass is 266 g/mol. The Morgan fingerprint density at radius 3 is 2.67 bits per heavy atom. The Labute approximate surface area is 113 Å². The molecule has 1 amide bonds. The van der Waals surface area contributed by atoms with Crippen LogP contribution < -0.4 is 5.32 Å². The van der Waals surface area contributed by atoms with E-state index >= 15 is 0 Å². The second-order valence-electron chi connectivity index (χ2n) is 5.23.